The molecule has 0 bridgehead atoms. The number of aryl methyl sites for hydroxylation is 1. The molecule has 0 spiro atoms. The molecule has 32 heavy (non-hydrogen) atoms. The lowest BCUT2D eigenvalue weighted by Gasteiger charge is -2.23. The topological polar surface area (TPSA) is 9.23 Å². The van der Waals surface area contributed by atoms with Gasteiger partial charge in [0, 0.05) is 18.2 Å². The minimum atomic E-state index is 0.571. The van der Waals surface area contributed by atoms with Gasteiger partial charge in [-0.15, -0.1) is 0 Å². The maximum absolute atomic E-state index is 6.31. The second kappa shape index (κ2) is 10.8. The molecular formula is C30H31ClO. The molecule has 0 radical (unpaired) electrons. The van der Waals surface area contributed by atoms with Crippen LogP contribution in [0.1, 0.15) is 54.4 Å². The molecule has 1 aliphatic rings. The Labute approximate surface area is 197 Å². The number of halogens is 1. The van der Waals surface area contributed by atoms with Gasteiger partial charge in [0.05, 0.1) is 0 Å². The summed E-state index contributed by atoms with van der Waals surface area (Å²) in [5.41, 5.74) is 8.68. The van der Waals surface area contributed by atoms with Crippen LogP contribution in [0.5, 0.6) is 0 Å². The van der Waals surface area contributed by atoms with Crippen LogP contribution in [-0.2, 0) is 11.2 Å². The molecule has 3 aromatic carbocycles. The maximum atomic E-state index is 6.31. The molecule has 1 saturated heterocycles. The molecule has 0 unspecified atom stereocenters. The van der Waals surface area contributed by atoms with Crippen LogP contribution in [-0.4, -0.2) is 13.2 Å². The Morgan fingerprint density at radius 2 is 1.75 bits per heavy atom. The molecule has 0 atom stereocenters. The van der Waals surface area contributed by atoms with Crippen molar-refractivity contribution in [1.29, 1.82) is 0 Å². The van der Waals surface area contributed by atoms with E-state index < -0.39 is 0 Å². The molecular weight excluding hydrogens is 412 g/mol. The third-order valence-corrected chi connectivity index (χ3v) is 6.36. The molecule has 1 aliphatic heterocycles. The Morgan fingerprint density at radius 3 is 2.50 bits per heavy atom. The summed E-state index contributed by atoms with van der Waals surface area (Å²) < 4.78 is 5.57. The molecule has 0 saturated carbocycles. The lowest BCUT2D eigenvalue weighted by Crippen LogP contribution is -2.14. The number of allylic oxidation sites excluding steroid dienone is 2. The monoisotopic (exact) mass is 442 g/mol. The highest BCUT2D eigenvalue weighted by Crippen LogP contribution is 2.37. The Kier molecular flexibility index (Phi) is 7.63. The number of ether oxygens (including phenoxy) is 1. The zero-order valence-corrected chi connectivity index (χ0v) is 19.6. The van der Waals surface area contributed by atoms with E-state index in [-0.39, 0.29) is 0 Å². The predicted molar refractivity (Wildman–Crippen MR) is 138 cm³/mol. The van der Waals surface area contributed by atoms with Gasteiger partial charge in [-0.3, -0.25) is 0 Å². The Morgan fingerprint density at radius 1 is 1.00 bits per heavy atom. The van der Waals surface area contributed by atoms with Gasteiger partial charge in [0.1, 0.15) is 0 Å². The van der Waals surface area contributed by atoms with E-state index in [1.807, 2.05) is 6.92 Å². The second-order valence-corrected chi connectivity index (χ2v) is 9.20. The van der Waals surface area contributed by atoms with Crippen molar-refractivity contribution < 1.29 is 4.74 Å². The first-order valence-electron chi connectivity index (χ1n) is 11.5. The first kappa shape index (κ1) is 22.6. The first-order chi connectivity index (χ1) is 15.6. The minimum absolute atomic E-state index is 0.571. The predicted octanol–water partition coefficient (Wildman–Crippen LogP) is 8.49. The van der Waals surface area contributed by atoms with Gasteiger partial charge in [-0.25, -0.2) is 0 Å². The zero-order valence-electron chi connectivity index (χ0n) is 18.8. The van der Waals surface area contributed by atoms with Crippen molar-refractivity contribution >= 4 is 23.3 Å². The van der Waals surface area contributed by atoms with E-state index >= 15 is 0 Å². The molecule has 0 aliphatic carbocycles. The van der Waals surface area contributed by atoms with E-state index in [0.717, 1.165) is 55.1 Å². The SMILES string of the molecule is C=C(CCc1ccccc1)c1c(C=C(C)Cl)cccc1-c1cccc(C2CCOCC2)c1. The summed E-state index contributed by atoms with van der Waals surface area (Å²) in [6, 6.07) is 26.1. The van der Waals surface area contributed by atoms with Crippen LogP contribution < -0.4 is 0 Å². The highest BCUT2D eigenvalue weighted by molar-refractivity contribution is 6.31. The summed E-state index contributed by atoms with van der Waals surface area (Å²) in [6.45, 7) is 8.15. The smallest absolute Gasteiger partial charge is 0.0471 e. The van der Waals surface area contributed by atoms with Crippen LogP contribution in [0.4, 0.5) is 0 Å². The van der Waals surface area contributed by atoms with Crippen molar-refractivity contribution in [3.05, 3.63) is 107 Å². The standard InChI is InChI=1S/C30H31ClO/c1-22(14-15-24-8-4-3-5-9-24)30-28(20-23(2)31)12-7-13-29(30)27-11-6-10-26(21-27)25-16-18-32-19-17-25/h3-13,20-21,25H,1,14-19H2,2H3. The average Bonchev–Trinajstić information content (AvgIpc) is 2.83. The van der Waals surface area contributed by atoms with Gasteiger partial charge in [0.25, 0.3) is 0 Å². The van der Waals surface area contributed by atoms with Crippen molar-refractivity contribution in [2.45, 2.75) is 38.5 Å². The second-order valence-electron chi connectivity index (χ2n) is 8.60. The van der Waals surface area contributed by atoms with Gasteiger partial charge < -0.3 is 4.74 Å². The van der Waals surface area contributed by atoms with Gasteiger partial charge in [-0.1, -0.05) is 91.0 Å². The lowest BCUT2D eigenvalue weighted by atomic mass is 9.85. The van der Waals surface area contributed by atoms with Crippen molar-refractivity contribution in [3.63, 3.8) is 0 Å². The van der Waals surface area contributed by atoms with Crippen molar-refractivity contribution in [2.24, 2.45) is 0 Å². The summed E-state index contributed by atoms with van der Waals surface area (Å²) in [7, 11) is 0. The van der Waals surface area contributed by atoms with Crippen LogP contribution in [0.25, 0.3) is 22.8 Å². The van der Waals surface area contributed by atoms with Crippen molar-refractivity contribution in [2.75, 3.05) is 13.2 Å². The maximum Gasteiger partial charge on any atom is 0.0471 e. The Balaban J connectivity index is 1.70. The van der Waals surface area contributed by atoms with Crippen LogP contribution in [0.15, 0.2) is 84.4 Å². The van der Waals surface area contributed by atoms with E-state index in [2.05, 4.69) is 85.5 Å². The minimum Gasteiger partial charge on any atom is -0.381 e. The van der Waals surface area contributed by atoms with Crippen LogP contribution in [0, 0.1) is 0 Å². The molecule has 0 N–H and O–H groups in total. The number of rotatable bonds is 7. The van der Waals surface area contributed by atoms with Gasteiger partial charge in [-0.05, 0) is 83.6 Å². The molecule has 1 nitrogen and oxygen atoms in total. The Hall–Kier alpha value is -2.61. The third kappa shape index (κ3) is 5.59. The molecule has 3 aromatic rings. The Bertz CT molecular complexity index is 1090. The average molecular weight is 443 g/mol. The van der Waals surface area contributed by atoms with Crippen molar-refractivity contribution in [1.82, 2.24) is 0 Å². The summed E-state index contributed by atoms with van der Waals surface area (Å²) in [4.78, 5) is 0. The fourth-order valence-electron chi connectivity index (χ4n) is 4.60. The fraction of sp³-hybridized carbons (Fsp3) is 0.267. The van der Waals surface area contributed by atoms with Crippen molar-refractivity contribution in [3.8, 4) is 11.1 Å². The van der Waals surface area contributed by atoms with E-state index in [0.29, 0.717) is 5.92 Å². The molecule has 1 fully saturated rings. The molecule has 1 heterocycles. The molecule has 0 amide bonds. The molecule has 164 valence electrons. The first-order valence-corrected chi connectivity index (χ1v) is 11.9. The number of hydrogen-bond donors (Lipinski definition) is 0. The van der Waals surface area contributed by atoms with Crippen LogP contribution in [0.3, 0.4) is 0 Å². The molecule has 4 rings (SSSR count). The lowest BCUT2D eigenvalue weighted by molar-refractivity contribution is 0.0853. The van der Waals surface area contributed by atoms with Gasteiger partial charge in [-0.2, -0.15) is 0 Å². The third-order valence-electron chi connectivity index (χ3n) is 6.25. The van der Waals surface area contributed by atoms with E-state index in [9.17, 15) is 0 Å². The van der Waals surface area contributed by atoms with E-state index in [1.54, 1.807) is 0 Å². The van der Waals surface area contributed by atoms with Crippen LogP contribution in [0.2, 0.25) is 0 Å². The number of hydrogen-bond acceptors (Lipinski definition) is 1. The summed E-state index contributed by atoms with van der Waals surface area (Å²) in [5, 5.41) is 0.773. The highest BCUT2D eigenvalue weighted by atomic mass is 35.5. The van der Waals surface area contributed by atoms with Gasteiger partial charge in [0.15, 0.2) is 0 Å². The summed E-state index contributed by atoms with van der Waals surface area (Å²) >= 11 is 6.31. The zero-order chi connectivity index (χ0) is 22.3. The van der Waals surface area contributed by atoms with E-state index in [1.165, 1.54) is 27.8 Å². The van der Waals surface area contributed by atoms with Crippen LogP contribution >= 0.6 is 11.6 Å². The highest BCUT2D eigenvalue weighted by Gasteiger charge is 2.18. The number of benzene rings is 3. The normalized spacial score (nSPS) is 15.0. The summed E-state index contributed by atoms with van der Waals surface area (Å²) in [5.74, 6) is 0.571. The van der Waals surface area contributed by atoms with Gasteiger partial charge in [0.2, 0.25) is 0 Å². The molecule has 0 aromatic heterocycles. The summed E-state index contributed by atoms with van der Waals surface area (Å²) in [6.07, 6.45) is 6.11. The molecule has 2 heteroatoms. The van der Waals surface area contributed by atoms with Gasteiger partial charge >= 0.3 is 0 Å². The fourth-order valence-corrected chi connectivity index (χ4v) is 4.71. The van der Waals surface area contributed by atoms with E-state index in [4.69, 9.17) is 16.3 Å². The quantitative estimate of drug-likeness (QED) is 0.356. The largest absolute Gasteiger partial charge is 0.381 e.